The normalized spacial score (nSPS) is 9.27. The monoisotopic (exact) mass is 148 g/mol. The molecule has 2 heteroatoms. The van der Waals surface area contributed by atoms with Crippen LogP contribution in [0.3, 0.4) is 0 Å². The molecule has 1 rings (SSSR count). The lowest BCUT2D eigenvalue weighted by Crippen LogP contribution is -1.92. The second kappa shape index (κ2) is 3.19. The van der Waals surface area contributed by atoms with Crippen molar-refractivity contribution < 1.29 is 0 Å². The molecule has 0 unspecified atom stereocenters. The number of hydrogen-bond acceptors (Lipinski definition) is 2. The summed E-state index contributed by atoms with van der Waals surface area (Å²) < 4.78 is 0. The molecule has 1 aromatic rings. The number of allylic oxidation sites excluding steroid dienone is 1. The standard InChI is InChI=1S/C9H12N2/c1-7(2)8-4-5-11-9(6-8)10-3/h4-6H,1H2,2-3H3,(H,10,11). The number of pyridine rings is 1. The van der Waals surface area contributed by atoms with E-state index in [1.54, 1.807) is 6.20 Å². The minimum Gasteiger partial charge on any atom is -0.373 e. The molecule has 0 aliphatic carbocycles. The fraction of sp³-hybridized carbons (Fsp3) is 0.222. The molecule has 1 aromatic heterocycles. The van der Waals surface area contributed by atoms with Crippen LogP contribution >= 0.6 is 0 Å². The maximum atomic E-state index is 4.09. The van der Waals surface area contributed by atoms with E-state index in [-0.39, 0.29) is 0 Å². The molecule has 0 amide bonds. The molecule has 0 fully saturated rings. The zero-order chi connectivity index (χ0) is 8.27. The lowest BCUT2D eigenvalue weighted by Gasteiger charge is -2.01. The lowest BCUT2D eigenvalue weighted by molar-refractivity contribution is 1.28. The molecular weight excluding hydrogens is 136 g/mol. The summed E-state index contributed by atoms with van der Waals surface area (Å²) in [6.45, 7) is 5.83. The fourth-order valence-electron chi connectivity index (χ4n) is 0.833. The van der Waals surface area contributed by atoms with Gasteiger partial charge in [-0.1, -0.05) is 12.2 Å². The highest BCUT2D eigenvalue weighted by Gasteiger charge is 1.93. The zero-order valence-corrected chi connectivity index (χ0v) is 6.89. The molecule has 2 nitrogen and oxygen atoms in total. The van der Waals surface area contributed by atoms with Crippen molar-refractivity contribution in [3.05, 3.63) is 30.5 Å². The van der Waals surface area contributed by atoms with Crippen molar-refractivity contribution in [2.24, 2.45) is 0 Å². The molecule has 1 heterocycles. The summed E-state index contributed by atoms with van der Waals surface area (Å²) in [5.41, 5.74) is 2.19. The summed E-state index contributed by atoms with van der Waals surface area (Å²) >= 11 is 0. The molecule has 0 spiro atoms. The molecule has 0 aromatic carbocycles. The van der Waals surface area contributed by atoms with E-state index in [1.807, 2.05) is 26.1 Å². The quantitative estimate of drug-likeness (QED) is 0.695. The van der Waals surface area contributed by atoms with Crippen LogP contribution in [0.15, 0.2) is 24.9 Å². The number of hydrogen-bond donors (Lipinski definition) is 1. The van der Waals surface area contributed by atoms with Gasteiger partial charge in [-0.25, -0.2) is 4.98 Å². The van der Waals surface area contributed by atoms with Crippen molar-refractivity contribution in [1.82, 2.24) is 4.98 Å². The van der Waals surface area contributed by atoms with E-state index in [9.17, 15) is 0 Å². The number of anilines is 1. The van der Waals surface area contributed by atoms with Crippen molar-refractivity contribution in [2.75, 3.05) is 12.4 Å². The Hall–Kier alpha value is -1.31. The summed E-state index contributed by atoms with van der Waals surface area (Å²) in [7, 11) is 1.85. The predicted octanol–water partition coefficient (Wildman–Crippen LogP) is 2.16. The molecule has 0 saturated heterocycles. The minimum atomic E-state index is 0.880. The van der Waals surface area contributed by atoms with Crippen LogP contribution in [0.25, 0.3) is 5.57 Å². The number of aromatic nitrogens is 1. The Morgan fingerprint density at radius 3 is 2.91 bits per heavy atom. The van der Waals surface area contributed by atoms with Crippen molar-refractivity contribution in [3.63, 3.8) is 0 Å². The van der Waals surface area contributed by atoms with Crippen molar-refractivity contribution in [1.29, 1.82) is 0 Å². The molecule has 0 aliphatic heterocycles. The molecule has 0 atom stereocenters. The van der Waals surface area contributed by atoms with E-state index in [1.165, 1.54) is 0 Å². The van der Waals surface area contributed by atoms with Gasteiger partial charge in [0.1, 0.15) is 5.82 Å². The molecule has 0 saturated carbocycles. The predicted molar refractivity (Wildman–Crippen MR) is 48.5 cm³/mol. The van der Waals surface area contributed by atoms with Gasteiger partial charge in [-0.2, -0.15) is 0 Å². The van der Waals surface area contributed by atoms with Gasteiger partial charge in [0.25, 0.3) is 0 Å². The second-order valence-electron chi connectivity index (χ2n) is 2.46. The Labute approximate surface area is 67.0 Å². The van der Waals surface area contributed by atoms with Gasteiger partial charge in [0.2, 0.25) is 0 Å². The average Bonchev–Trinajstić information content (AvgIpc) is 2.05. The highest BCUT2D eigenvalue weighted by Crippen LogP contribution is 2.13. The summed E-state index contributed by atoms with van der Waals surface area (Å²) in [5.74, 6) is 0.880. The number of rotatable bonds is 2. The first kappa shape index (κ1) is 7.79. The maximum Gasteiger partial charge on any atom is 0.126 e. The summed E-state index contributed by atoms with van der Waals surface area (Å²) in [5, 5.41) is 2.97. The van der Waals surface area contributed by atoms with Gasteiger partial charge in [-0.3, -0.25) is 0 Å². The lowest BCUT2D eigenvalue weighted by atomic mass is 10.1. The fourth-order valence-corrected chi connectivity index (χ4v) is 0.833. The second-order valence-corrected chi connectivity index (χ2v) is 2.46. The van der Waals surface area contributed by atoms with Crippen molar-refractivity contribution >= 4 is 11.4 Å². The zero-order valence-electron chi connectivity index (χ0n) is 6.89. The number of nitrogens with zero attached hydrogens (tertiary/aromatic N) is 1. The van der Waals surface area contributed by atoms with Gasteiger partial charge in [-0.15, -0.1) is 0 Å². The smallest absolute Gasteiger partial charge is 0.126 e. The highest BCUT2D eigenvalue weighted by molar-refractivity contribution is 5.63. The molecule has 58 valence electrons. The van der Waals surface area contributed by atoms with Crippen LogP contribution in [0.1, 0.15) is 12.5 Å². The van der Waals surface area contributed by atoms with Gasteiger partial charge < -0.3 is 5.32 Å². The highest BCUT2D eigenvalue weighted by atomic mass is 14.9. The average molecular weight is 148 g/mol. The van der Waals surface area contributed by atoms with Gasteiger partial charge in [0.05, 0.1) is 0 Å². The van der Waals surface area contributed by atoms with Crippen molar-refractivity contribution in [3.8, 4) is 0 Å². The van der Waals surface area contributed by atoms with Crippen molar-refractivity contribution in [2.45, 2.75) is 6.92 Å². The third-order valence-electron chi connectivity index (χ3n) is 1.51. The third-order valence-corrected chi connectivity index (χ3v) is 1.51. The Morgan fingerprint density at radius 2 is 2.36 bits per heavy atom. The Kier molecular flexibility index (Phi) is 2.26. The topological polar surface area (TPSA) is 24.9 Å². The minimum absolute atomic E-state index is 0.880. The maximum absolute atomic E-state index is 4.09. The largest absolute Gasteiger partial charge is 0.373 e. The Morgan fingerprint density at radius 1 is 1.64 bits per heavy atom. The number of nitrogens with one attached hydrogen (secondary N) is 1. The first-order valence-corrected chi connectivity index (χ1v) is 3.53. The van der Waals surface area contributed by atoms with Crippen LogP contribution in [-0.2, 0) is 0 Å². The SMILES string of the molecule is C=C(C)c1ccnc(NC)c1. The summed E-state index contributed by atoms with van der Waals surface area (Å²) in [4.78, 5) is 4.09. The van der Waals surface area contributed by atoms with Crippen LogP contribution in [0.4, 0.5) is 5.82 Å². The van der Waals surface area contributed by atoms with E-state index in [2.05, 4.69) is 16.9 Å². The van der Waals surface area contributed by atoms with Gasteiger partial charge >= 0.3 is 0 Å². The van der Waals surface area contributed by atoms with E-state index >= 15 is 0 Å². The van der Waals surface area contributed by atoms with Crippen LogP contribution in [-0.4, -0.2) is 12.0 Å². The van der Waals surface area contributed by atoms with E-state index < -0.39 is 0 Å². The van der Waals surface area contributed by atoms with Crippen LogP contribution in [0.2, 0.25) is 0 Å². The van der Waals surface area contributed by atoms with Crippen LogP contribution < -0.4 is 5.32 Å². The molecule has 1 N–H and O–H groups in total. The molecule has 0 aliphatic rings. The van der Waals surface area contributed by atoms with E-state index in [4.69, 9.17) is 0 Å². The van der Waals surface area contributed by atoms with Gasteiger partial charge in [0.15, 0.2) is 0 Å². The van der Waals surface area contributed by atoms with Crippen LogP contribution in [0.5, 0.6) is 0 Å². The molecular formula is C9H12N2. The third kappa shape index (κ3) is 1.80. The van der Waals surface area contributed by atoms with Gasteiger partial charge in [-0.05, 0) is 24.6 Å². The van der Waals surface area contributed by atoms with E-state index in [0.29, 0.717) is 0 Å². The van der Waals surface area contributed by atoms with Crippen LogP contribution in [0, 0.1) is 0 Å². The van der Waals surface area contributed by atoms with Gasteiger partial charge in [0, 0.05) is 13.2 Å². The van der Waals surface area contributed by atoms with E-state index in [0.717, 1.165) is 17.0 Å². The molecule has 11 heavy (non-hydrogen) atoms. The first-order valence-electron chi connectivity index (χ1n) is 3.53. The summed E-state index contributed by atoms with van der Waals surface area (Å²) in [6, 6.07) is 3.92. The summed E-state index contributed by atoms with van der Waals surface area (Å²) in [6.07, 6.45) is 1.77. The Balaban J connectivity index is 3.01. The first-order chi connectivity index (χ1) is 5.24. The Bertz CT molecular complexity index is 266. The molecule has 0 bridgehead atoms. The molecule has 0 radical (unpaired) electrons.